The maximum absolute atomic E-state index is 11.7. The summed E-state index contributed by atoms with van der Waals surface area (Å²) < 4.78 is 15.0. The Balaban J connectivity index is 1.88. The minimum absolute atomic E-state index is 0.0203. The van der Waals surface area contributed by atoms with Crippen molar-refractivity contribution in [2.45, 2.75) is 13.5 Å². The summed E-state index contributed by atoms with van der Waals surface area (Å²) in [5.41, 5.74) is -0.343. The molecule has 2 aromatic heterocycles. The first-order chi connectivity index (χ1) is 10.1. The molecular formula is C12H13N3O5S. The third-order valence-electron chi connectivity index (χ3n) is 2.27. The van der Waals surface area contributed by atoms with Crippen molar-refractivity contribution < 1.29 is 18.7 Å². The third kappa shape index (κ3) is 4.36. The fourth-order valence-electron chi connectivity index (χ4n) is 1.38. The predicted octanol–water partition coefficient (Wildman–Crippen LogP) is 0.964. The van der Waals surface area contributed by atoms with E-state index in [4.69, 9.17) is 13.9 Å². The van der Waals surface area contributed by atoms with Crippen molar-refractivity contribution in [3.05, 3.63) is 33.3 Å². The maximum Gasteiger partial charge on any atom is 0.264 e. The van der Waals surface area contributed by atoms with Gasteiger partial charge in [-0.2, -0.15) is 0 Å². The molecule has 8 nitrogen and oxygen atoms in total. The van der Waals surface area contributed by atoms with Crippen LogP contribution < -0.4 is 15.5 Å². The SMILES string of the molecule is COCc1nnc(NC(=O)COc2coc(C)cc2=O)s1. The molecule has 0 radical (unpaired) electrons. The first-order valence-corrected chi connectivity index (χ1v) is 6.73. The van der Waals surface area contributed by atoms with Gasteiger partial charge in [-0.25, -0.2) is 0 Å². The lowest BCUT2D eigenvalue weighted by Crippen LogP contribution is -2.22. The maximum atomic E-state index is 11.7. The summed E-state index contributed by atoms with van der Waals surface area (Å²) in [6.07, 6.45) is 1.17. The van der Waals surface area contributed by atoms with Crippen LogP contribution in [0.15, 0.2) is 21.5 Å². The molecule has 0 saturated heterocycles. The summed E-state index contributed by atoms with van der Waals surface area (Å²) >= 11 is 1.20. The van der Waals surface area contributed by atoms with Gasteiger partial charge in [0, 0.05) is 13.2 Å². The molecule has 0 aromatic carbocycles. The number of amides is 1. The molecule has 0 bridgehead atoms. The van der Waals surface area contributed by atoms with E-state index in [9.17, 15) is 9.59 Å². The molecule has 1 amide bonds. The smallest absolute Gasteiger partial charge is 0.264 e. The van der Waals surface area contributed by atoms with E-state index in [1.54, 1.807) is 14.0 Å². The largest absolute Gasteiger partial charge is 0.477 e. The van der Waals surface area contributed by atoms with E-state index in [1.165, 1.54) is 23.7 Å². The summed E-state index contributed by atoms with van der Waals surface area (Å²) in [6, 6.07) is 1.29. The molecule has 21 heavy (non-hydrogen) atoms. The zero-order chi connectivity index (χ0) is 15.2. The van der Waals surface area contributed by atoms with Gasteiger partial charge in [-0.3, -0.25) is 14.9 Å². The van der Waals surface area contributed by atoms with Crippen molar-refractivity contribution in [2.24, 2.45) is 0 Å². The number of anilines is 1. The number of hydrogen-bond donors (Lipinski definition) is 1. The molecule has 0 aliphatic rings. The molecule has 0 saturated carbocycles. The Kier molecular flexibility index (Phi) is 5.01. The normalized spacial score (nSPS) is 10.4. The first kappa shape index (κ1) is 15.1. The number of hydrogen-bond acceptors (Lipinski definition) is 8. The van der Waals surface area contributed by atoms with Crippen LogP contribution in [0.25, 0.3) is 0 Å². The van der Waals surface area contributed by atoms with E-state index >= 15 is 0 Å². The van der Waals surface area contributed by atoms with Crippen molar-refractivity contribution in [3.8, 4) is 5.75 Å². The standard InChI is InChI=1S/C12H13N3O5S/c1-7-3-8(16)9(4-19-7)20-5-10(17)13-12-15-14-11(21-12)6-18-2/h3-4H,5-6H2,1-2H3,(H,13,15,17). The highest BCUT2D eigenvalue weighted by Gasteiger charge is 2.10. The molecule has 0 fully saturated rings. The van der Waals surface area contributed by atoms with Crippen LogP contribution in [-0.4, -0.2) is 29.8 Å². The van der Waals surface area contributed by atoms with Gasteiger partial charge in [0.15, 0.2) is 6.61 Å². The predicted molar refractivity (Wildman–Crippen MR) is 74.5 cm³/mol. The van der Waals surface area contributed by atoms with Crippen molar-refractivity contribution in [3.63, 3.8) is 0 Å². The summed E-state index contributed by atoms with van der Waals surface area (Å²) in [4.78, 5) is 23.2. The lowest BCUT2D eigenvalue weighted by atomic mass is 10.4. The number of aromatic nitrogens is 2. The Hall–Kier alpha value is -2.26. The Bertz CT molecular complexity index is 682. The van der Waals surface area contributed by atoms with Crippen molar-refractivity contribution in [1.82, 2.24) is 10.2 Å². The molecule has 0 atom stereocenters. The van der Waals surface area contributed by atoms with Gasteiger partial charge in [0.2, 0.25) is 16.3 Å². The van der Waals surface area contributed by atoms with Crippen LogP contribution in [0.3, 0.4) is 0 Å². The Morgan fingerprint density at radius 1 is 1.48 bits per heavy atom. The van der Waals surface area contributed by atoms with Crippen LogP contribution in [0, 0.1) is 6.92 Å². The second kappa shape index (κ2) is 6.95. The van der Waals surface area contributed by atoms with E-state index in [-0.39, 0.29) is 17.8 Å². The van der Waals surface area contributed by atoms with E-state index in [0.717, 1.165) is 0 Å². The van der Waals surface area contributed by atoms with Gasteiger partial charge >= 0.3 is 0 Å². The second-order valence-electron chi connectivity index (χ2n) is 3.99. The number of carbonyl (C=O) groups excluding carboxylic acids is 1. The van der Waals surface area contributed by atoms with Gasteiger partial charge in [0.05, 0.1) is 0 Å². The van der Waals surface area contributed by atoms with Gasteiger partial charge < -0.3 is 13.9 Å². The fraction of sp³-hybridized carbons (Fsp3) is 0.333. The molecule has 0 aliphatic heterocycles. The average molecular weight is 311 g/mol. The zero-order valence-electron chi connectivity index (χ0n) is 11.4. The zero-order valence-corrected chi connectivity index (χ0v) is 12.2. The lowest BCUT2D eigenvalue weighted by molar-refractivity contribution is -0.118. The van der Waals surface area contributed by atoms with Gasteiger partial charge in [-0.05, 0) is 6.92 Å². The Labute approximate surface area is 123 Å². The summed E-state index contributed by atoms with van der Waals surface area (Å²) in [5.74, 6) is -0.000452. The molecule has 112 valence electrons. The molecule has 0 unspecified atom stereocenters. The highest BCUT2D eigenvalue weighted by molar-refractivity contribution is 7.15. The van der Waals surface area contributed by atoms with Crippen LogP contribution in [0.1, 0.15) is 10.8 Å². The number of carbonyl (C=O) groups is 1. The van der Waals surface area contributed by atoms with Gasteiger partial charge in [0.25, 0.3) is 5.91 Å². The van der Waals surface area contributed by atoms with Crippen molar-refractivity contribution in [1.29, 1.82) is 0 Å². The molecule has 0 spiro atoms. The second-order valence-corrected chi connectivity index (χ2v) is 5.05. The first-order valence-electron chi connectivity index (χ1n) is 5.92. The van der Waals surface area contributed by atoms with E-state index in [1.807, 2.05) is 0 Å². The Morgan fingerprint density at radius 3 is 3.00 bits per heavy atom. The number of aryl methyl sites for hydroxylation is 1. The van der Waals surface area contributed by atoms with Crippen LogP contribution in [-0.2, 0) is 16.1 Å². The summed E-state index contributed by atoms with van der Waals surface area (Å²) in [7, 11) is 1.54. The van der Waals surface area contributed by atoms with Crippen molar-refractivity contribution in [2.75, 3.05) is 19.0 Å². The average Bonchev–Trinajstić information content (AvgIpc) is 2.85. The third-order valence-corrected chi connectivity index (χ3v) is 3.08. The molecule has 2 rings (SSSR count). The van der Waals surface area contributed by atoms with Crippen molar-refractivity contribution >= 4 is 22.4 Å². The minimum atomic E-state index is -0.449. The summed E-state index contributed by atoms with van der Waals surface area (Å²) in [5, 5.41) is 11.1. The van der Waals surface area contributed by atoms with Crippen LogP contribution in [0.2, 0.25) is 0 Å². The topological polar surface area (TPSA) is 104 Å². The van der Waals surface area contributed by atoms with Gasteiger partial charge in [-0.1, -0.05) is 11.3 Å². The monoisotopic (exact) mass is 311 g/mol. The molecular weight excluding hydrogens is 298 g/mol. The lowest BCUT2D eigenvalue weighted by Gasteiger charge is -2.04. The van der Waals surface area contributed by atoms with Gasteiger partial charge in [-0.15, -0.1) is 10.2 Å². The quantitative estimate of drug-likeness (QED) is 0.847. The molecule has 1 N–H and O–H groups in total. The van der Waals surface area contributed by atoms with Crippen LogP contribution in [0.4, 0.5) is 5.13 Å². The number of nitrogens with zero attached hydrogens (tertiary/aromatic N) is 2. The van der Waals surface area contributed by atoms with E-state index in [0.29, 0.717) is 22.5 Å². The molecule has 2 heterocycles. The molecule has 2 aromatic rings. The fourth-order valence-corrected chi connectivity index (χ4v) is 2.11. The Morgan fingerprint density at radius 2 is 2.29 bits per heavy atom. The van der Waals surface area contributed by atoms with Crippen LogP contribution in [0.5, 0.6) is 5.75 Å². The van der Waals surface area contributed by atoms with Gasteiger partial charge in [0.1, 0.15) is 23.6 Å². The highest BCUT2D eigenvalue weighted by atomic mass is 32.1. The summed E-state index contributed by atoms with van der Waals surface area (Å²) in [6.45, 7) is 1.65. The minimum Gasteiger partial charge on any atom is -0.477 e. The molecule has 9 heteroatoms. The number of ether oxygens (including phenoxy) is 2. The van der Waals surface area contributed by atoms with E-state index in [2.05, 4.69) is 15.5 Å². The number of rotatable bonds is 6. The molecule has 0 aliphatic carbocycles. The number of nitrogens with one attached hydrogen (secondary N) is 1. The van der Waals surface area contributed by atoms with E-state index < -0.39 is 5.91 Å². The number of methoxy groups -OCH3 is 1. The highest BCUT2D eigenvalue weighted by Crippen LogP contribution is 2.15. The van der Waals surface area contributed by atoms with Crippen LogP contribution >= 0.6 is 11.3 Å².